The van der Waals surface area contributed by atoms with Crippen LogP contribution in [0.5, 0.6) is 0 Å². The first kappa shape index (κ1) is 37.2. The lowest BCUT2D eigenvalue weighted by Gasteiger charge is -2.25. The first-order valence-corrected chi connectivity index (χ1v) is 21.7. The largest absolute Gasteiger partial charge is 0.454 e. The van der Waals surface area contributed by atoms with Crippen molar-refractivity contribution in [3.8, 4) is 33.4 Å². The van der Waals surface area contributed by atoms with Gasteiger partial charge in [-0.15, -0.1) is 0 Å². The fourth-order valence-electron chi connectivity index (χ4n) is 9.14. The lowest BCUT2D eigenvalue weighted by Crippen LogP contribution is -2.10. The number of anilines is 6. The highest BCUT2D eigenvalue weighted by molar-refractivity contribution is 6.11. The van der Waals surface area contributed by atoms with E-state index < -0.39 is 0 Å². The highest BCUT2D eigenvalue weighted by Gasteiger charge is 2.21. The molecule has 0 atom stereocenters. The Morgan fingerprint density at radius 3 is 0.859 bits per heavy atom. The van der Waals surface area contributed by atoms with Gasteiger partial charge in [0.05, 0.1) is 11.4 Å². The number of hydrogen-bond acceptors (Lipinski definition) is 4. The maximum Gasteiger partial charge on any atom is 0.159 e. The Kier molecular flexibility index (Phi) is 9.12. The van der Waals surface area contributed by atoms with Gasteiger partial charge < -0.3 is 18.6 Å². The van der Waals surface area contributed by atoms with Crippen LogP contribution in [0.3, 0.4) is 0 Å². The number of para-hydroxylation sites is 6. The standard InChI is InChI=1S/C60H40N2O2/c1-3-13-47(14-4-1)61(55-21-11-19-53-51-17-7-9-23-57(51)63-59(53)55)49-37-33-45(34-38-49)43-29-25-41(26-30-43)42-27-31-44(32-28-42)46-35-39-50(40-36-46)62(48-15-5-2-6-16-48)56-22-12-20-54-52-18-8-10-24-58(52)64-60(54)56/h1-40H. The number of rotatable bonds is 9. The zero-order valence-corrected chi connectivity index (χ0v) is 34.8. The Hall–Kier alpha value is -8.60. The van der Waals surface area contributed by atoms with E-state index in [1.165, 1.54) is 22.3 Å². The highest BCUT2D eigenvalue weighted by atomic mass is 16.3. The third-order valence-corrected chi connectivity index (χ3v) is 12.3. The maximum absolute atomic E-state index is 6.49. The highest BCUT2D eigenvalue weighted by Crippen LogP contribution is 2.44. The number of benzene rings is 10. The molecule has 0 amide bonds. The van der Waals surface area contributed by atoms with Crippen LogP contribution in [-0.2, 0) is 0 Å². The van der Waals surface area contributed by atoms with Crippen molar-refractivity contribution in [1.82, 2.24) is 0 Å². The van der Waals surface area contributed by atoms with E-state index in [9.17, 15) is 0 Å². The van der Waals surface area contributed by atoms with Crippen molar-refractivity contribution in [2.75, 3.05) is 9.80 Å². The zero-order chi connectivity index (χ0) is 42.4. The molecule has 0 aliphatic heterocycles. The maximum atomic E-state index is 6.49. The molecule has 0 aliphatic rings. The molecular weight excluding hydrogens is 781 g/mol. The molecule has 0 radical (unpaired) electrons. The van der Waals surface area contributed by atoms with Gasteiger partial charge in [0.15, 0.2) is 11.2 Å². The fraction of sp³-hybridized carbons (Fsp3) is 0. The van der Waals surface area contributed by atoms with E-state index >= 15 is 0 Å². The number of nitrogens with zero attached hydrogens (tertiary/aromatic N) is 2. The summed E-state index contributed by atoms with van der Waals surface area (Å²) in [4.78, 5) is 4.55. The van der Waals surface area contributed by atoms with Crippen LogP contribution in [0.2, 0.25) is 0 Å². The van der Waals surface area contributed by atoms with Crippen LogP contribution in [-0.4, -0.2) is 0 Å². The lowest BCUT2D eigenvalue weighted by molar-refractivity contribution is 0.668. The van der Waals surface area contributed by atoms with Crippen molar-refractivity contribution in [1.29, 1.82) is 0 Å². The number of fused-ring (bicyclic) bond motifs is 6. The summed E-state index contributed by atoms with van der Waals surface area (Å²) in [6, 6.07) is 85.6. The summed E-state index contributed by atoms with van der Waals surface area (Å²) in [5.41, 5.74) is 16.8. The van der Waals surface area contributed by atoms with Crippen LogP contribution < -0.4 is 9.80 Å². The van der Waals surface area contributed by atoms with Gasteiger partial charge in [-0.25, -0.2) is 0 Å². The summed E-state index contributed by atoms with van der Waals surface area (Å²) < 4.78 is 13.0. The molecule has 64 heavy (non-hydrogen) atoms. The molecule has 0 aliphatic carbocycles. The first-order valence-electron chi connectivity index (χ1n) is 21.7. The molecule has 0 unspecified atom stereocenters. The van der Waals surface area contributed by atoms with Gasteiger partial charge in [-0.1, -0.05) is 170 Å². The molecule has 4 heteroatoms. The third kappa shape index (κ3) is 6.57. The van der Waals surface area contributed by atoms with Crippen LogP contribution >= 0.6 is 0 Å². The monoisotopic (exact) mass is 820 g/mol. The number of hydrogen-bond donors (Lipinski definition) is 0. The fourth-order valence-corrected chi connectivity index (χ4v) is 9.14. The normalized spacial score (nSPS) is 11.4. The Morgan fingerprint density at radius 2 is 0.500 bits per heavy atom. The summed E-state index contributed by atoms with van der Waals surface area (Å²) in [6.07, 6.45) is 0. The molecule has 2 heterocycles. The van der Waals surface area contributed by atoms with E-state index in [2.05, 4.69) is 228 Å². The molecule has 12 rings (SSSR count). The van der Waals surface area contributed by atoms with Gasteiger partial charge in [0.2, 0.25) is 0 Å². The van der Waals surface area contributed by atoms with Crippen molar-refractivity contribution >= 4 is 78.0 Å². The SMILES string of the molecule is c1ccc(N(c2ccc(-c3ccc(-c4ccc(-c5ccc(N(c6ccccc6)c6cccc7c6oc6ccccc67)cc5)cc4)cc3)cc2)c2cccc3c2oc2ccccc23)cc1. The van der Waals surface area contributed by atoms with Gasteiger partial charge in [-0.2, -0.15) is 0 Å². The van der Waals surface area contributed by atoms with Crippen molar-refractivity contribution in [2.45, 2.75) is 0 Å². The average Bonchev–Trinajstić information content (AvgIpc) is 3.95. The quantitative estimate of drug-likeness (QED) is 0.145. The van der Waals surface area contributed by atoms with Gasteiger partial charge in [-0.3, -0.25) is 0 Å². The van der Waals surface area contributed by atoms with E-state index in [1.807, 2.05) is 24.3 Å². The first-order chi connectivity index (χ1) is 31.7. The minimum atomic E-state index is 0.873. The van der Waals surface area contributed by atoms with E-state index in [4.69, 9.17) is 8.83 Å². The molecule has 0 N–H and O–H groups in total. The van der Waals surface area contributed by atoms with Gasteiger partial charge in [0, 0.05) is 44.3 Å². The van der Waals surface area contributed by atoms with E-state index in [0.717, 1.165) is 89.1 Å². The van der Waals surface area contributed by atoms with Crippen molar-refractivity contribution in [3.63, 3.8) is 0 Å². The second kappa shape index (κ2) is 15.7. The van der Waals surface area contributed by atoms with Crippen LogP contribution in [0, 0.1) is 0 Å². The van der Waals surface area contributed by atoms with Crippen molar-refractivity contribution in [3.05, 3.63) is 243 Å². The summed E-state index contributed by atoms with van der Waals surface area (Å²) in [5, 5.41) is 4.45. The molecule has 12 aromatic rings. The van der Waals surface area contributed by atoms with Gasteiger partial charge in [0.25, 0.3) is 0 Å². The molecule has 0 bridgehead atoms. The summed E-state index contributed by atoms with van der Waals surface area (Å²) in [7, 11) is 0. The van der Waals surface area contributed by atoms with Gasteiger partial charge in [-0.05, 0) is 106 Å². The second-order valence-electron chi connectivity index (χ2n) is 16.1. The minimum absolute atomic E-state index is 0.873. The molecule has 0 saturated carbocycles. The predicted molar refractivity (Wildman–Crippen MR) is 267 cm³/mol. The Labute approximate surface area is 371 Å². The van der Waals surface area contributed by atoms with Crippen LogP contribution in [0.1, 0.15) is 0 Å². The zero-order valence-electron chi connectivity index (χ0n) is 34.8. The Balaban J connectivity index is 0.796. The van der Waals surface area contributed by atoms with E-state index in [-0.39, 0.29) is 0 Å². The Morgan fingerprint density at radius 1 is 0.219 bits per heavy atom. The minimum Gasteiger partial charge on any atom is -0.454 e. The molecule has 4 nitrogen and oxygen atoms in total. The lowest BCUT2D eigenvalue weighted by atomic mass is 9.97. The van der Waals surface area contributed by atoms with Gasteiger partial charge in [0.1, 0.15) is 11.2 Å². The molecular formula is C60H40N2O2. The summed E-state index contributed by atoms with van der Waals surface area (Å²) >= 11 is 0. The predicted octanol–water partition coefficient (Wildman–Crippen LogP) is 17.4. The van der Waals surface area contributed by atoms with E-state index in [0.29, 0.717) is 0 Å². The Bertz CT molecular complexity index is 3330. The summed E-state index contributed by atoms with van der Waals surface area (Å²) in [5.74, 6) is 0. The van der Waals surface area contributed by atoms with Crippen LogP contribution in [0.4, 0.5) is 34.1 Å². The summed E-state index contributed by atoms with van der Waals surface area (Å²) in [6.45, 7) is 0. The van der Waals surface area contributed by atoms with E-state index in [1.54, 1.807) is 0 Å². The second-order valence-corrected chi connectivity index (χ2v) is 16.1. The molecule has 2 aromatic heterocycles. The van der Waals surface area contributed by atoms with Crippen molar-refractivity contribution < 1.29 is 8.83 Å². The molecule has 10 aromatic carbocycles. The number of furan rings is 2. The van der Waals surface area contributed by atoms with Crippen LogP contribution in [0.25, 0.3) is 77.3 Å². The van der Waals surface area contributed by atoms with Crippen LogP contribution in [0.15, 0.2) is 251 Å². The molecule has 302 valence electrons. The van der Waals surface area contributed by atoms with Gasteiger partial charge >= 0.3 is 0 Å². The third-order valence-electron chi connectivity index (χ3n) is 12.3. The average molecular weight is 821 g/mol. The molecule has 0 fully saturated rings. The molecule has 0 saturated heterocycles. The topological polar surface area (TPSA) is 32.8 Å². The molecule has 0 spiro atoms. The smallest absolute Gasteiger partial charge is 0.159 e. The van der Waals surface area contributed by atoms with Crippen molar-refractivity contribution in [2.24, 2.45) is 0 Å².